The lowest BCUT2D eigenvalue weighted by molar-refractivity contribution is 0.404. The van der Waals surface area contributed by atoms with Crippen molar-refractivity contribution >= 4 is 15.9 Å². The van der Waals surface area contributed by atoms with Gasteiger partial charge in [-0.25, -0.2) is 0 Å². The zero-order valence-electron chi connectivity index (χ0n) is 8.92. The largest absolute Gasteiger partial charge is 0.495 e. The maximum Gasteiger partial charge on any atom is 0.136 e. The third-order valence-electron chi connectivity index (χ3n) is 2.88. The molecule has 0 saturated carbocycles. The molecule has 1 atom stereocenters. The van der Waals surface area contributed by atoms with Crippen molar-refractivity contribution in [3.8, 4) is 5.75 Å². The Hall–Kier alpha value is -0.540. The van der Waals surface area contributed by atoms with Crippen molar-refractivity contribution in [2.45, 2.75) is 25.3 Å². The molecule has 2 nitrogen and oxygen atoms in total. The highest BCUT2D eigenvalue weighted by atomic mass is 79.9. The third-order valence-corrected chi connectivity index (χ3v) is 3.51. The van der Waals surface area contributed by atoms with E-state index >= 15 is 0 Å². The van der Waals surface area contributed by atoms with Crippen LogP contribution in [0.3, 0.4) is 0 Å². The Morgan fingerprint density at radius 3 is 3.07 bits per heavy atom. The van der Waals surface area contributed by atoms with Crippen LogP contribution >= 0.6 is 15.9 Å². The third kappa shape index (κ3) is 2.52. The van der Waals surface area contributed by atoms with Gasteiger partial charge in [0, 0.05) is 6.04 Å². The lowest BCUT2D eigenvalue weighted by Gasteiger charge is -2.14. The molecular formula is C12H16BrNO. The minimum absolute atomic E-state index is 0.619. The van der Waals surface area contributed by atoms with Crippen LogP contribution < -0.4 is 10.1 Å². The fraction of sp³-hybridized carbons (Fsp3) is 0.500. The van der Waals surface area contributed by atoms with E-state index in [1.165, 1.54) is 18.4 Å². The highest BCUT2D eigenvalue weighted by Gasteiger charge is 2.17. The minimum atomic E-state index is 0.619. The maximum absolute atomic E-state index is 5.41. The quantitative estimate of drug-likeness (QED) is 0.911. The molecule has 2 rings (SSSR count). The van der Waals surface area contributed by atoms with E-state index in [0.29, 0.717) is 6.04 Å². The molecule has 82 valence electrons. The van der Waals surface area contributed by atoms with Gasteiger partial charge in [0.25, 0.3) is 0 Å². The van der Waals surface area contributed by atoms with Crippen LogP contribution in [0.2, 0.25) is 0 Å². The topological polar surface area (TPSA) is 21.3 Å². The van der Waals surface area contributed by atoms with Crippen LogP contribution in [0.4, 0.5) is 0 Å². The van der Waals surface area contributed by atoms with Crippen molar-refractivity contribution in [2.75, 3.05) is 13.7 Å². The first-order valence-electron chi connectivity index (χ1n) is 5.36. The summed E-state index contributed by atoms with van der Waals surface area (Å²) in [4.78, 5) is 0. The number of methoxy groups -OCH3 is 1. The van der Waals surface area contributed by atoms with E-state index in [2.05, 4.69) is 33.4 Å². The van der Waals surface area contributed by atoms with Crippen molar-refractivity contribution in [1.29, 1.82) is 0 Å². The van der Waals surface area contributed by atoms with E-state index in [1.54, 1.807) is 7.11 Å². The summed E-state index contributed by atoms with van der Waals surface area (Å²) in [6, 6.07) is 6.85. The Morgan fingerprint density at radius 2 is 2.40 bits per heavy atom. The fourth-order valence-corrected chi connectivity index (χ4v) is 2.71. The summed E-state index contributed by atoms with van der Waals surface area (Å²) in [6.45, 7) is 1.15. The highest BCUT2D eigenvalue weighted by molar-refractivity contribution is 9.10. The van der Waals surface area contributed by atoms with Gasteiger partial charge in [-0.05, 0) is 53.4 Å². The Bertz CT molecular complexity index is 334. The Kier molecular flexibility index (Phi) is 3.65. The van der Waals surface area contributed by atoms with Gasteiger partial charge >= 0.3 is 0 Å². The maximum atomic E-state index is 5.41. The molecule has 1 aliphatic heterocycles. The molecule has 0 bridgehead atoms. The Balaban J connectivity index is 2.15. The van der Waals surface area contributed by atoms with E-state index < -0.39 is 0 Å². The van der Waals surface area contributed by atoms with Crippen LogP contribution in [0.5, 0.6) is 5.75 Å². The normalized spacial score (nSPS) is 20.5. The average molecular weight is 270 g/mol. The van der Waals surface area contributed by atoms with E-state index in [-0.39, 0.29) is 0 Å². The smallest absolute Gasteiger partial charge is 0.136 e. The van der Waals surface area contributed by atoms with Gasteiger partial charge in [-0.15, -0.1) is 0 Å². The molecule has 0 aromatic heterocycles. The number of nitrogens with one attached hydrogen (secondary N) is 1. The van der Waals surface area contributed by atoms with Crippen LogP contribution in [0.25, 0.3) is 0 Å². The molecule has 1 saturated heterocycles. The minimum Gasteiger partial charge on any atom is -0.495 e. The number of ether oxygens (including phenoxy) is 1. The lowest BCUT2D eigenvalue weighted by Crippen LogP contribution is -2.23. The van der Waals surface area contributed by atoms with Crippen LogP contribution in [0.1, 0.15) is 18.4 Å². The zero-order chi connectivity index (χ0) is 10.7. The van der Waals surface area contributed by atoms with Gasteiger partial charge in [-0.3, -0.25) is 0 Å². The molecule has 0 aliphatic carbocycles. The van der Waals surface area contributed by atoms with Crippen molar-refractivity contribution in [2.24, 2.45) is 0 Å². The predicted molar refractivity (Wildman–Crippen MR) is 65.4 cm³/mol. The van der Waals surface area contributed by atoms with Crippen molar-refractivity contribution in [1.82, 2.24) is 5.32 Å². The standard InChI is InChI=1S/C12H16BrNO/c1-15-12-9(4-2-6-11(12)13)8-10-5-3-7-14-10/h2,4,6,10,14H,3,5,7-8H2,1H3. The highest BCUT2D eigenvalue weighted by Crippen LogP contribution is 2.30. The van der Waals surface area contributed by atoms with Gasteiger partial charge in [0.2, 0.25) is 0 Å². The van der Waals surface area contributed by atoms with Gasteiger partial charge < -0.3 is 10.1 Å². The summed E-state index contributed by atoms with van der Waals surface area (Å²) >= 11 is 3.51. The molecule has 1 N–H and O–H groups in total. The number of hydrogen-bond acceptors (Lipinski definition) is 2. The van der Waals surface area contributed by atoms with Crippen molar-refractivity contribution in [3.05, 3.63) is 28.2 Å². The van der Waals surface area contributed by atoms with Gasteiger partial charge in [0.1, 0.15) is 5.75 Å². The predicted octanol–water partition coefficient (Wildman–Crippen LogP) is 2.75. The monoisotopic (exact) mass is 269 g/mol. The number of halogens is 1. The van der Waals surface area contributed by atoms with Crippen LogP contribution in [-0.4, -0.2) is 19.7 Å². The number of benzene rings is 1. The van der Waals surface area contributed by atoms with Gasteiger partial charge in [-0.1, -0.05) is 12.1 Å². The molecule has 0 amide bonds. The molecule has 0 spiro atoms. The van der Waals surface area contributed by atoms with E-state index in [0.717, 1.165) is 23.2 Å². The van der Waals surface area contributed by atoms with Gasteiger partial charge in [0.15, 0.2) is 0 Å². The second kappa shape index (κ2) is 4.99. The molecule has 3 heteroatoms. The molecule has 1 heterocycles. The molecule has 1 fully saturated rings. The first-order valence-corrected chi connectivity index (χ1v) is 6.15. The van der Waals surface area contributed by atoms with E-state index in [1.807, 2.05) is 6.07 Å². The van der Waals surface area contributed by atoms with Gasteiger partial charge in [-0.2, -0.15) is 0 Å². The second-order valence-electron chi connectivity index (χ2n) is 3.93. The summed E-state index contributed by atoms with van der Waals surface area (Å²) in [5.74, 6) is 0.978. The Labute approximate surface area is 99.1 Å². The summed E-state index contributed by atoms with van der Waals surface area (Å²) in [6.07, 6.45) is 3.62. The molecule has 1 aliphatic rings. The number of para-hydroxylation sites is 1. The Morgan fingerprint density at radius 1 is 1.53 bits per heavy atom. The summed E-state index contributed by atoms with van der Waals surface area (Å²) < 4.78 is 6.45. The molecular weight excluding hydrogens is 254 g/mol. The lowest BCUT2D eigenvalue weighted by atomic mass is 10.0. The summed E-state index contributed by atoms with van der Waals surface area (Å²) in [5, 5.41) is 3.50. The number of rotatable bonds is 3. The summed E-state index contributed by atoms with van der Waals surface area (Å²) in [7, 11) is 1.73. The molecule has 0 radical (unpaired) electrons. The zero-order valence-corrected chi connectivity index (χ0v) is 10.5. The second-order valence-corrected chi connectivity index (χ2v) is 4.78. The molecule has 15 heavy (non-hydrogen) atoms. The average Bonchev–Trinajstić information content (AvgIpc) is 2.71. The molecule has 1 aromatic rings. The molecule has 1 unspecified atom stereocenters. The fourth-order valence-electron chi connectivity index (χ4n) is 2.14. The first-order chi connectivity index (χ1) is 7.31. The van der Waals surface area contributed by atoms with Crippen molar-refractivity contribution in [3.63, 3.8) is 0 Å². The van der Waals surface area contributed by atoms with Gasteiger partial charge in [0.05, 0.1) is 11.6 Å². The first kappa shape index (κ1) is 11.0. The van der Waals surface area contributed by atoms with Crippen LogP contribution in [0.15, 0.2) is 22.7 Å². The van der Waals surface area contributed by atoms with Crippen molar-refractivity contribution < 1.29 is 4.74 Å². The van der Waals surface area contributed by atoms with Crippen LogP contribution in [-0.2, 0) is 6.42 Å². The van der Waals surface area contributed by atoms with E-state index in [4.69, 9.17) is 4.74 Å². The number of hydrogen-bond donors (Lipinski definition) is 1. The SMILES string of the molecule is COc1c(Br)cccc1CC1CCCN1. The summed E-state index contributed by atoms with van der Waals surface area (Å²) in [5.41, 5.74) is 1.28. The van der Waals surface area contributed by atoms with Crippen LogP contribution in [0, 0.1) is 0 Å². The molecule has 1 aromatic carbocycles. The van der Waals surface area contributed by atoms with E-state index in [9.17, 15) is 0 Å².